The number of rotatable bonds is 5. The molecule has 2 nitrogen and oxygen atoms in total. The van der Waals surface area contributed by atoms with Gasteiger partial charge in [-0.25, -0.2) is 0 Å². The molecule has 0 saturated heterocycles. The van der Waals surface area contributed by atoms with E-state index in [1.54, 1.807) is 7.11 Å². The summed E-state index contributed by atoms with van der Waals surface area (Å²) in [7, 11) is 1.72. The Bertz CT molecular complexity index is 932. The maximum atomic E-state index is 6.11. The van der Waals surface area contributed by atoms with Gasteiger partial charge in [-0.05, 0) is 81.3 Å². The van der Waals surface area contributed by atoms with Crippen molar-refractivity contribution in [1.29, 1.82) is 0 Å². The van der Waals surface area contributed by atoms with Gasteiger partial charge in [0.2, 0.25) is 0 Å². The minimum Gasteiger partial charge on any atom is -0.496 e. The minimum atomic E-state index is 0.115. The number of methoxy groups -OCH3 is 1. The summed E-state index contributed by atoms with van der Waals surface area (Å²) in [6.07, 6.45) is 0.115. The van der Waals surface area contributed by atoms with Gasteiger partial charge in [0.05, 0.1) is 18.8 Å². The highest BCUT2D eigenvalue weighted by Crippen LogP contribution is 2.49. The highest BCUT2D eigenvalue weighted by molar-refractivity contribution is 7.23. The number of benzene rings is 1. The van der Waals surface area contributed by atoms with Crippen LogP contribution in [0.5, 0.6) is 11.5 Å². The summed E-state index contributed by atoms with van der Waals surface area (Å²) < 4.78 is 11.8. The Hall–Kier alpha value is -1.78. The SMILES string of the molecule is COc1cccc(OC(C)C)c1-c1sc(-c2scc(C)c2C)c(C)c1C. The molecule has 3 rings (SSSR count). The summed E-state index contributed by atoms with van der Waals surface area (Å²) in [6.45, 7) is 12.9. The largest absolute Gasteiger partial charge is 0.496 e. The Balaban J connectivity index is 2.23. The fourth-order valence-electron chi connectivity index (χ4n) is 3.03. The molecule has 2 aromatic heterocycles. The van der Waals surface area contributed by atoms with Gasteiger partial charge in [-0.3, -0.25) is 0 Å². The van der Waals surface area contributed by atoms with Gasteiger partial charge < -0.3 is 9.47 Å². The van der Waals surface area contributed by atoms with Crippen LogP contribution in [0.15, 0.2) is 23.6 Å². The third-order valence-electron chi connectivity index (χ3n) is 4.74. The monoisotopic (exact) mass is 386 g/mol. The van der Waals surface area contributed by atoms with Gasteiger partial charge in [0, 0.05) is 14.6 Å². The normalized spacial score (nSPS) is 11.2. The zero-order valence-corrected chi connectivity index (χ0v) is 18.2. The molecule has 0 aliphatic carbocycles. The molecule has 0 atom stereocenters. The molecule has 0 radical (unpaired) electrons. The van der Waals surface area contributed by atoms with E-state index in [1.807, 2.05) is 40.9 Å². The third-order valence-corrected chi connectivity index (χ3v) is 7.51. The number of ether oxygens (including phenoxy) is 2. The molecule has 138 valence electrons. The van der Waals surface area contributed by atoms with E-state index in [2.05, 4.69) is 46.9 Å². The average Bonchev–Trinajstić information content (AvgIpc) is 3.08. The van der Waals surface area contributed by atoms with Crippen molar-refractivity contribution in [3.05, 3.63) is 45.8 Å². The topological polar surface area (TPSA) is 18.5 Å². The Morgan fingerprint density at radius 1 is 0.846 bits per heavy atom. The zero-order valence-electron chi connectivity index (χ0n) is 16.5. The maximum Gasteiger partial charge on any atom is 0.132 e. The molecule has 0 N–H and O–H groups in total. The Labute approximate surface area is 164 Å². The van der Waals surface area contributed by atoms with Gasteiger partial charge in [0.25, 0.3) is 0 Å². The summed E-state index contributed by atoms with van der Waals surface area (Å²) in [5.74, 6) is 1.74. The molecule has 0 amide bonds. The van der Waals surface area contributed by atoms with Gasteiger partial charge in [-0.1, -0.05) is 6.07 Å². The van der Waals surface area contributed by atoms with Crippen molar-refractivity contribution in [2.75, 3.05) is 7.11 Å². The second kappa shape index (κ2) is 7.45. The number of aryl methyl sites for hydroxylation is 1. The molecule has 0 aliphatic heterocycles. The van der Waals surface area contributed by atoms with Gasteiger partial charge in [-0.15, -0.1) is 22.7 Å². The zero-order chi connectivity index (χ0) is 19.0. The molecule has 0 unspecified atom stereocenters. The first-order valence-corrected chi connectivity index (χ1v) is 10.5. The van der Waals surface area contributed by atoms with E-state index in [9.17, 15) is 0 Å². The predicted octanol–water partition coefficient (Wildman–Crippen LogP) is 7.17. The molecular weight excluding hydrogens is 360 g/mol. The second-order valence-corrected chi connectivity index (χ2v) is 8.78. The summed E-state index contributed by atoms with van der Waals surface area (Å²) in [6, 6.07) is 6.04. The van der Waals surface area contributed by atoms with Crippen LogP contribution in [0, 0.1) is 27.7 Å². The van der Waals surface area contributed by atoms with Gasteiger partial charge in [0.1, 0.15) is 11.5 Å². The molecule has 0 bridgehead atoms. The van der Waals surface area contributed by atoms with E-state index >= 15 is 0 Å². The van der Waals surface area contributed by atoms with E-state index in [4.69, 9.17) is 9.47 Å². The van der Waals surface area contributed by atoms with E-state index in [0.29, 0.717) is 0 Å². The number of hydrogen-bond acceptors (Lipinski definition) is 4. The van der Waals surface area contributed by atoms with E-state index in [-0.39, 0.29) is 6.10 Å². The molecule has 4 heteroatoms. The third kappa shape index (κ3) is 3.28. The van der Waals surface area contributed by atoms with Crippen molar-refractivity contribution in [1.82, 2.24) is 0 Å². The average molecular weight is 387 g/mol. The van der Waals surface area contributed by atoms with Crippen LogP contribution < -0.4 is 9.47 Å². The molecule has 0 saturated carbocycles. The second-order valence-electron chi connectivity index (χ2n) is 6.88. The van der Waals surface area contributed by atoms with Crippen molar-refractivity contribution in [3.8, 4) is 31.7 Å². The van der Waals surface area contributed by atoms with Gasteiger partial charge in [0.15, 0.2) is 0 Å². The molecule has 0 aliphatic rings. The first-order chi connectivity index (χ1) is 12.3. The summed E-state index contributed by atoms with van der Waals surface area (Å²) in [4.78, 5) is 3.96. The quantitative estimate of drug-likeness (QED) is 0.462. The highest BCUT2D eigenvalue weighted by atomic mass is 32.1. The van der Waals surface area contributed by atoms with E-state index in [0.717, 1.165) is 17.1 Å². The molecule has 26 heavy (non-hydrogen) atoms. The van der Waals surface area contributed by atoms with Crippen LogP contribution in [0.25, 0.3) is 20.2 Å². The summed E-state index contributed by atoms with van der Waals surface area (Å²) >= 11 is 3.67. The van der Waals surface area contributed by atoms with Gasteiger partial charge >= 0.3 is 0 Å². The Morgan fingerprint density at radius 2 is 1.50 bits per heavy atom. The first-order valence-electron chi connectivity index (χ1n) is 8.84. The van der Waals surface area contributed by atoms with Crippen molar-refractivity contribution in [2.45, 2.75) is 47.6 Å². The van der Waals surface area contributed by atoms with Crippen molar-refractivity contribution in [2.24, 2.45) is 0 Å². The van der Waals surface area contributed by atoms with Crippen molar-refractivity contribution >= 4 is 22.7 Å². The Kier molecular flexibility index (Phi) is 5.44. The predicted molar refractivity (Wildman–Crippen MR) is 114 cm³/mol. The van der Waals surface area contributed by atoms with Crippen LogP contribution in [0.3, 0.4) is 0 Å². The van der Waals surface area contributed by atoms with Crippen LogP contribution in [-0.4, -0.2) is 13.2 Å². The fraction of sp³-hybridized carbons (Fsp3) is 0.364. The lowest BCUT2D eigenvalue weighted by Crippen LogP contribution is -2.07. The fourth-order valence-corrected chi connectivity index (χ4v) is 5.74. The number of thiophene rings is 2. The minimum absolute atomic E-state index is 0.115. The summed E-state index contributed by atoms with van der Waals surface area (Å²) in [5, 5.41) is 2.25. The number of hydrogen-bond donors (Lipinski definition) is 0. The highest BCUT2D eigenvalue weighted by Gasteiger charge is 2.23. The molecule has 3 aromatic rings. The van der Waals surface area contributed by atoms with E-state index in [1.165, 1.54) is 36.9 Å². The lowest BCUT2D eigenvalue weighted by molar-refractivity contribution is 0.242. The molecule has 1 aromatic carbocycles. The Morgan fingerprint density at radius 3 is 2.08 bits per heavy atom. The van der Waals surface area contributed by atoms with Crippen LogP contribution in [0.1, 0.15) is 36.1 Å². The maximum absolute atomic E-state index is 6.11. The van der Waals surface area contributed by atoms with Crippen molar-refractivity contribution < 1.29 is 9.47 Å². The molecule has 2 heterocycles. The van der Waals surface area contributed by atoms with Crippen molar-refractivity contribution in [3.63, 3.8) is 0 Å². The summed E-state index contributed by atoms with van der Waals surface area (Å²) in [5.41, 5.74) is 6.44. The molecule has 0 spiro atoms. The first kappa shape index (κ1) is 19.0. The standard InChI is InChI=1S/C22H26O2S2/c1-12(2)24-18-10-8-9-17(23-7)19(18)20-15(5)16(6)22(26-20)21-14(4)13(3)11-25-21/h8-12H,1-7H3. The smallest absolute Gasteiger partial charge is 0.132 e. The lowest BCUT2D eigenvalue weighted by Gasteiger charge is -2.16. The van der Waals surface area contributed by atoms with Crippen LogP contribution in [0.4, 0.5) is 0 Å². The van der Waals surface area contributed by atoms with Crippen LogP contribution in [0.2, 0.25) is 0 Å². The lowest BCUT2D eigenvalue weighted by atomic mass is 10.0. The van der Waals surface area contributed by atoms with Gasteiger partial charge in [-0.2, -0.15) is 0 Å². The van der Waals surface area contributed by atoms with Crippen LogP contribution >= 0.6 is 22.7 Å². The van der Waals surface area contributed by atoms with Crippen LogP contribution in [-0.2, 0) is 0 Å². The molecule has 0 fully saturated rings. The van der Waals surface area contributed by atoms with E-state index < -0.39 is 0 Å². The molecular formula is C22H26O2S2.